The summed E-state index contributed by atoms with van der Waals surface area (Å²) in [6.07, 6.45) is 2.30. The Morgan fingerprint density at radius 1 is 1.29 bits per heavy atom. The van der Waals surface area contributed by atoms with Crippen molar-refractivity contribution in [3.05, 3.63) is 35.9 Å². The zero-order valence-corrected chi connectivity index (χ0v) is 13.6. The van der Waals surface area contributed by atoms with E-state index >= 15 is 0 Å². The normalized spacial score (nSPS) is 15.2. The first-order valence-corrected chi connectivity index (χ1v) is 6.64. The fourth-order valence-corrected chi connectivity index (χ4v) is 1.82. The maximum Gasteiger partial charge on any atom is 0.237 e. The molecule has 0 unspecified atom stereocenters. The molecule has 1 aromatic carbocycles. The highest BCUT2D eigenvalue weighted by atomic mass is 35.5. The van der Waals surface area contributed by atoms with Crippen LogP contribution in [0.3, 0.4) is 0 Å². The van der Waals surface area contributed by atoms with Crippen LogP contribution in [0.4, 0.5) is 0 Å². The average molecular weight is 339 g/mol. The van der Waals surface area contributed by atoms with Crippen LogP contribution in [0.1, 0.15) is 35.8 Å². The fourth-order valence-electron chi connectivity index (χ4n) is 1.82. The Kier molecular flexibility index (Phi) is 10.2. The number of amides is 1. The molecule has 4 nitrogen and oxygen atoms in total. The summed E-state index contributed by atoms with van der Waals surface area (Å²) < 4.78 is 22.8. The molecule has 0 aliphatic heterocycles. The lowest BCUT2D eigenvalue weighted by Gasteiger charge is -2.17. The van der Waals surface area contributed by atoms with Crippen LogP contribution in [-0.4, -0.2) is 24.5 Å². The van der Waals surface area contributed by atoms with Gasteiger partial charge in [-0.15, -0.1) is 24.8 Å². The van der Waals surface area contributed by atoms with Gasteiger partial charge in [-0.25, -0.2) is 0 Å². The number of hydrogen-bond acceptors (Lipinski definition) is 3. The molecule has 0 radical (unpaired) electrons. The van der Waals surface area contributed by atoms with Crippen molar-refractivity contribution in [1.82, 2.24) is 5.32 Å². The number of unbranched alkanes of at least 4 members (excludes halogenated alkanes) is 1. The van der Waals surface area contributed by atoms with Crippen LogP contribution in [0.15, 0.2) is 30.3 Å². The molecule has 1 rings (SSSR count). The van der Waals surface area contributed by atoms with Crippen molar-refractivity contribution in [2.45, 2.75) is 44.6 Å². The second-order valence-electron chi connectivity index (χ2n) is 4.64. The summed E-state index contributed by atoms with van der Waals surface area (Å²) in [6, 6.07) is 7.58. The van der Waals surface area contributed by atoms with Gasteiger partial charge in [0.25, 0.3) is 0 Å². The number of rotatable bonds is 8. The highest BCUT2D eigenvalue weighted by molar-refractivity contribution is 5.85. The average Bonchev–Trinajstić information content (AvgIpc) is 2.46. The molecule has 0 aliphatic rings. The van der Waals surface area contributed by atoms with E-state index < -0.39 is 24.8 Å². The minimum atomic E-state index is -2.28. The van der Waals surface area contributed by atoms with Gasteiger partial charge in [-0.2, -0.15) is 0 Å². The molecular weight excluding hydrogens is 309 g/mol. The lowest BCUT2D eigenvalue weighted by molar-refractivity contribution is -0.123. The van der Waals surface area contributed by atoms with E-state index in [1.165, 1.54) is 0 Å². The molecular formula is C15H27Cl2N3O. The first-order valence-electron chi connectivity index (χ1n) is 8.14. The molecule has 0 heterocycles. The SMILES string of the molecule is Cl.Cl.[2H]C([2H])([2H])[C@@H](Cc1ccccc1)NC(=O)[C@@H](N)CCCCN. The second kappa shape index (κ2) is 12.9. The Hall–Kier alpha value is -0.810. The molecule has 5 N–H and O–H groups in total. The molecule has 1 aromatic rings. The Balaban J connectivity index is 0. The van der Waals surface area contributed by atoms with Gasteiger partial charge in [0.15, 0.2) is 0 Å². The van der Waals surface area contributed by atoms with Crippen LogP contribution in [0.2, 0.25) is 0 Å². The number of carbonyl (C=O) groups is 1. The first kappa shape index (κ1) is 16.6. The van der Waals surface area contributed by atoms with Crippen LogP contribution in [0, 0.1) is 0 Å². The molecule has 6 heteroatoms. The van der Waals surface area contributed by atoms with E-state index in [0.29, 0.717) is 13.0 Å². The summed E-state index contributed by atoms with van der Waals surface area (Å²) in [7, 11) is 0. The van der Waals surface area contributed by atoms with Crippen molar-refractivity contribution in [2.24, 2.45) is 11.5 Å². The lowest BCUT2D eigenvalue weighted by atomic mass is 10.1. The Labute approximate surface area is 144 Å². The zero-order chi connectivity index (χ0) is 16.6. The zero-order valence-electron chi connectivity index (χ0n) is 15.0. The summed E-state index contributed by atoms with van der Waals surface area (Å²) in [5, 5.41) is 2.57. The van der Waals surface area contributed by atoms with E-state index in [0.717, 1.165) is 18.4 Å². The third kappa shape index (κ3) is 9.69. The number of benzene rings is 1. The lowest BCUT2D eigenvalue weighted by Crippen LogP contribution is -2.45. The van der Waals surface area contributed by atoms with Gasteiger partial charge < -0.3 is 16.8 Å². The van der Waals surface area contributed by atoms with Crippen LogP contribution in [0.25, 0.3) is 0 Å². The van der Waals surface area contributed by atoms with Gasteiger partial charge in [0, 0.05) is 10.2 Å². The Bertz CT molecular complexity index is 461. The molecule has 0 aromatic heterocycles. The van der Waals surface area contributed by atoms with E-state index in [2.05, 4.69) is 5.32 Å². The molecule has 0 bridgehead atoms. The van der Waals surface area contributed by atoms with E-state index in [1.807, 2.05) is 30.3 Å². The van der Waals surface area contributed by atoms with Gasteiger partial charge in [0.1, 0.15) is 0 Å². The van der Waals surface area contributed by atoms with E-state index in [-0.39, 0.29) is 31.2 Å². The summed E-state index contributed by atoms with van der Waals surface area (Å²) in [4.78, 5) is 12.1. The van der Waals surface area contributed by atoms with Gasteiger partial charge >= 0.3 is 0 Å². The largest absolute Gasteiger partial charge is 0.352 e. The van der Waals surface area contributed by atoms with Crippen molar-refractivity contribution >= 4 is 30.7 Å². The summed E-state index contributed by atoms with van der Waals surface area (Å²) in [5.74, 6) is -0.422. The number of nitrogens with two attached hydrogens (primary N) is 2. The van der Waals surface area contributed by atoms with Crippen molar-refractivity contribution in [3.63, 3.8) is 0 Å². The molecule has 0 aliphatic carbocycles. The molecule has 21 heavy (non-hydrogen) atoms. The quantitative estimate of drug-likeness (QED) is 0.634. The topological polar surface area (TPSA) is 81.1 Å². The summed E-state index contributed by atoms with van der Waals surface area (Å²) >= 11 is 0. The smallest absolute Gasteiger partial charge is 0.237 e. The Morgan fingerprint density at radius 3 is 2.52 bits per heavy atom. The van der Waals surface area contributed by atoms with Crippen LogP contribution < -0.4 is 16.8 Å². The van der Waals surface area contributed by atoms with Gasteiger partial charge in [-0.05, 0) is 38.2 Å². The summed E-state index contributed by atoms with van der Waals surface area (Å²) in [5.41, 5.74) is 12.1. The van der Waals surface area contributed by atoms with Crippen molar-refractivity contribution in [1.29, 1.82) is 0 Å². The second-order valence-corrected chi connectivity index (χ2v) is 4.64. The number of nitrogens with one attached hydrogen (secondary N) is 1. The van der Waals surface area contributed by atoms with Crippen LogP contribution in [-0.2, 0) is 11.2 Å². The van der Waals surface area contributed by atoms with Gasteiger partial charge in [-0.1, -0.05) is 36.8 Å². The Morgan fingerprint density at radius 2 is 1.95 bits per heavy atom. The van der Waals surface area contributed by atoms with Gasteiger partial charge in [0.2, 0.25) is 5.91 Å². The number of halogens is 2. The molecule has 0 fully saturated rings. The van der Waals surface area contributed by atoms with E-state index in [4.69, 9.17) is 15.6 Å². The monoisotopic (exact) mass is 338 g/mol. The minimum absolute atomic E-state index is 0. The molecule has 0 saturated heterocycles. The third-order valence-corrected chi connectivity index (χ3v) is 2.91. The molecule has 0 saturated carbocycles. The van der Waals surface area contributed by atoms with Crippen molar-refractivity contribution < 1.29 is 8.91 Å². The number of hydrogen-bond donors (Lipinski definition) is 3. The molecule has 2 atom stereocenters. The predicted molar refractivity (Wildman–Crippen MR) is 93.1 cm³/mol. The maximum atomic E-state index is 12.1. The van der Waals surface area contributed by atoms with E-state index in [1.54, 1.807) is 0 Å². The molecule has 122 valence electrons. The van der Waals surface area contributed by atoms with E-state index in [9.17, 15) is 4.79 Å². The molecule has 0 spiro atoms. The van der Waals surface area contributed by atoms with Gasteiger partial charge in [-0.3, -0.25) is 4.79 Å². The first-order chi connectivity index (χ1) is 10.3. The van der Waals surface area contributed by atoms with Crippen molar-refractivity contribution in [2.75, 3.05) is 6.54 Å². The minimum Gasteiger partial charge on any atom is -0.352 e. The maximum absolute atomic E-state index is 12.1. The third-order valence-electron chi connectivity index (χ3n) is 2.91. The highest BCUT2D eigenvalue weighted by Crippen LogP contribution is 2.04. The highest BCUT2D eigenvalue weighted by Gasteiger charge is 2.15. The van der Waals surface area contributed by atoms with Crippen molar-refractivity contribution in [3.8, 4) is 0 Å². The predicted octanol–water partition coefficient (Wildman–Crippen LogP) is 2.03. The summed E-state index contributed by atoms with van der Waals surface area (Å²) in [6.45, 7) is -1.72. The fraction of sp³-hybridized carbons (Fsp3) is 0.533. The molecule has 1 amide bonds. The number of carbonyl (C=O) groups excluding carboxylic acids is 1. The van der Waals surface area contributed by atoms with Gasteiger partial charge in [0.05, 0.1) is 6.04 Å². The van der Waals surface area contributed by atoms with Crippen LogP contribution >= 0.6 is 24.8 Å². The standard InChI is InChI=1S/C15H25N3O.2ClH/c1-12(11-13-7-3-2-4-8-13)18-15(19)14(17)9-5-6-10-16;;/h2-4,7-8,12,14H,5-6,9-11,16-17H2,1H3,(H,18,19);2*1H/t12-,14-;;/m0../s1/i1D3;;. The van der Waals surface area contributed by atoms with Crippen LogP contribution in [0.5, 0.6) is 0 Å².